The molecule has 1 N–H and O–H groups in total. The molecule has 2 heterocycles. The van der Waals surface area contributed by atoms with Crippen LogP contribution in [-0.4, -0.2) is 17.7 Å². The number of hydrogen-bond donors (Lipinski definition) is 1. The molecule has 0 atom stereocenters. The van der Waals surface area contributed by atoms with Crippen LogP contribution in [0.25, 0.3) is 21.7 Å². The second-order valence-corrected chi connectivity index (χ2v) is 9.27. The fraction of sp³-hybridized carbons (Fsp3) is 0.0357. The van der Waals surface area contributed by atoms with E-state index >= 15 is 0 Å². The van der Waals surface area contributed by atoms with Gasteiger partial charge in [0.05, 0.1) is 5.69 Å². The van der Waals surface area contributed by atoms with E-state index < -0.39 is 0 Å². The maximum atomic E-state index is 13.2. The maximum Gasteiger partial charge on any atom is 0.291 e. The van der Waals surface area contributed by atoms with E-state index in [0.717, 1.165) is 20.8 Å². The summed E-state index contributed by atoms with van der Waals surface area (Å²) in [6.07, 6.45) is 0. The van der Waals surface area contributed by atoms with E-state index in [0.29, 0.717) is 33.5 Å². The van der Waals surface area contributed by atoms with E-state index in [1.807, 2.05) is 49.4 Å². The largest absolute Gasteiger partial charge is 0.451 e. The fourth-order valence-electron chi connectivity index (χ4n) is 4.56. The van der Waals surface area contributed by atoms with E-state index in [4.69, 9.17) is 4.42 Å². The van der Waals surface area contributed by atoms with Gasteiger partial charge < -0.3 is 9.73 Å². The highest BCUT2D eigenvalue weighted by atomic mass is 79.9. The number of furan rings is 1. The highest BCUT2D eigenvalue weighted by Gasteiger charge is 2.33. The quantitative estimate of drug-likeness (QED) is 0.266. The lowest BCUT2D eigenvalue weighted by Gasteiger charge is -2.27. The zero-order valence-corrected chi connectivity index (χ0v) is 20.0. The number of fused-ring (bicyclic) bond motifs is 1. The Labute approximate surface area is 208 Å². The van der Waals surface area contributed by atoms with Crippen LogP contribution in [0.2, 0.25) is 0 Å². The molecule has 0 radical (unpaired) electrons. The van der Waals surface area contributed by atoms with Gasteiger partial charge in [-0.1, -0.05) is 40.2 Å². The summed E-state index contributed by atoms with van der Waals surface area (Å²) in [5.41, 5.74) is 3.29. The molecule has 170 valence electrons. The first-order valence-electron chi connectivity index (χ1n) is 10.9. The van der Waals surface area contributed by atoms with Crippen molar-refractivity contribution in [2.24, 2.45) is 0 Å². The molecule has 0 unspecified atom stereocenters. The van der Waals surface area contributed by atoms with Crippen LogP contribution < -0.4 is 10.2 Å². The minimum atomic E-state index is -0.381. The van der Waals surface area contributed by atoms with Crippen molar-refractivity contribution in [1.29, 1.82) is 0 Å². The summed E-state index contributed by atoms with van der Waals surface area (Å²) in [5.74, 6) is -0.901. The monoisotopic (exact) mass is 524 g/mol. The first-order valence-corrected chi connectivity index (χ1v) is 11.7. The van der Waals surface area contributed by atoms with Crippen molar-refractivity contribution in [3.63, 3.8) is 0 Å². The van der Waals surface area contributed by atoms with Gasteiger partial charge in [0, 0.05) is 37.6 Å². The van der Waals surface area contributed by atoms with Crippen molar-refractivity contribution in [1.82, 2.24) is 0 Å². The number of benzene rings is 4. The summed E-state index contributed by atoms with van der Waals surface area (Å²) in [4.78, 5) is 40.5. The third-order valence-corrected chi connectivity index (χ3v) is 6.75. The topological polar surface area (TPSA) is 79.6 Å². The van der Waals surface area contributed by atoms with Crippen LogP contribution in [0.15, 0.2) is 87.8 Å². The van der Waals surface area contributed by atoms with Crippen molar-refractivity contribution in [2.75, 3.05) is 10.2 Å². The molecule has 0 aliphatic carbocycles. The van der Waals surface area contributed by atoms with Crippen molar-refractivity contribution < 1.29 is 18.8 Å². The Morgan fingerprint density at radius 1 is 0.886 bits per heavy atom. The highest BCUT2D eigenvalue weighted by molar-refractivity contribution is 9.10. The number of nitrogens with one attached hydrogen (secondary N) is 1. The minimum absolute atomic E-state index is 0.230. The number of halogens is 1. The number of nitrogens with zero attached hydrogens (tertiary/aromatic N) is 1. The highest BCUT2D eigenvalue weighted by Crippen LogP contribution is 2.33. The summed E-state index contributed by atoms with van der Waals surface area (Å²) >= 11 is 3.44. The van der Waals surface area contributed by atoms with Gasteiger partial charge in [0.15, 0.2) is 5.76 Å². The molecule has 3 amide bonds. The zero-order chi connectivity index (χ0) is 24.3. The van der Waals surface area contributed by atoms with Gasteiger partial charge in [0.25, 0.3) is 17.7 Å². The molecule has 6 rings (SSSR count). The molecule has 1 aromatic heterocycles. The number of anilines is 2. The van der Waals surface area contributed by atoms with Gasteiger partial charge in [-0.15, -0.1) is 0 Å². The Bertz CT molecular complexity index is 1650. The van der Waals surface area contributed by atoms with E-state index in [2.05, 4.69) is 21.2 Å². The van der Waals surface area contributed by atoms with Crippen LogP contribution in [0.4, 0.5) is 11.4 Å². The minimum Gasteiger partial charge on any atom is -0.451 e. The third-order valence-electron chi connectivity index (χ3n) is 6.26. The van der Waals surface area contributed by atoms with Gasteiger partial charge in [0.1, 0.15) is 5.58 Å². The molecule has 6 nitrogen and oxygen atoms in total. The number of carbonyl (C=O) groups excluding carboxylic acids is 3. The second-order valence-electron chi connectivity index (χ2n) is 8.35. The Kier molecular flexibility index (Phi) is 4.82. The number of amides is 3. The molecule has 0 bridgehead atoms. The molecule has 35 heavy (non-hydrogen) atoms. The summed E-state index contributed by atoms with van der Waals surface area (Å²) in [7, 11) is 0. The van der Waals surface area contributed by atoms with Crippen LogP contribution in [0, 0.1) is 6.92 Å². The molecule has 0 fully saturated rings. The Hall–Kier alpha value is -4.23. The molecule has 1 aliphatic rings. The summed E-state index contributed by atoms with van der Waals surface area (Å²) in [5, 5.41) is 5.22. The molecule has 7 heteroatoms. The number of hydrogen-bond acceptors (Lipinski definition) is 4. The summed E-state index contributed by atoms with van der Waals surface area (Å²) < 4.78 is 6.67. The number of aryl methyl sites for hydroxylation is 1. The standard InChI is InChI=1S/C28H17BrN2O4/c1-15-22-14-17(29)8-13-23(22)35-25(15)26(32)30-18-9-11-19(12-10-18)31-27(33)20-6-2-4-16-5-3-7-21(24(16)20)28(31)34/h2-14H,1H3,(H,30,32). The smallest absolute Gasteiger partial charge is 0.291 e. The van der Waals surface area contributed by atoms with Crippen molar-refractivity contribution in [3.05, 3.63) is 106 Å². The predicted octanol–water partition coefficient (Wildman–Crippen LogP) is 6.71. The van der Waals surface area contributed by atoms with E-state index in [9.17, 15) is 14.4 Å². The van der Waals surface area contributed by atoms with Crippen LogP contribution in [0.5, 0.6) is 0 Å². The SMILES string of the molecule is Cc1c(C(=O)Nc2ccc(N3C(=O)c4cccc5cccc(c45)C3=O)cc2)oc2ccc(Br)cc12. The predicted molar refractivity (Wildman–Crippen MR) is 138 cm³/mol. The van der Waals surface area contributed by atoms with Gasteiger partial charge in [-0.2, -0.15) is 0 Å². The van der Waals surface area contributed by atoms with E-state index in [1.54, 1.807) is 36.4 Å². The molecule has 0 saturated carbocycles. The van der Waals surface area contributed by atoms with Gasteiger partial charge in [0.2, 0.25) is 0 Å². The Balaban J connectivity index is 1.29. The molecule has 0 saturated heterocycles. The van der Waals surface area contributed by atoms with Crippen LogP contribution >= 0.6 is 15.9 Å². The zero-order valence-electron chi connectivity index (χ0n) is 18.5. The normalized spacial score (nSPS) is 13.0. The molecule has 0 spiro atoms. The van der Waals surface area contributed by atoms with Crippen LogP contribution in [0.1, 0.15) is 36.8 Å². The van der Waals surface area contributed by atoms with Crippen molar-refractivity contribution in [3.8, 4) is 0 Å². The average Bonchev–Trinajstić information content (AvgIpc) is 3.19. The number of rotatable bonds is 3. The number of carbonyl (C=O) groups is 3. The maximum absolute atomic E-state index is 13.2. The fourth-order valence-corrected chi connectivity index (χ4v) is 4.92. The van der Waals surface area contributed by atoms with Crippen molar-refractivity contribution in [2.45, 2.75) is 6.92 Å². The average molecular weight is 525 g/mol. The van der Waals surface area contributed by atoms with Crippen molar-refractivity contribution >= 4 is 66.8 Å². The van der Waals surface area contributed by atoms with Gasteiger partial charge in [-0.25, -0.2) is 4.90 Å². The van der Waals surface area contributed by atoms with Gasteiger partial charge in [-0.3, -0.25) is 14.4 Å². The van der Waals surface area contributed by atoms with E-state index in [1.165, 1.54) is 4.90 Å². The van der Waals surface area contributed by atoms with Crippen LogP contribution in [0.3, 0.4) is 0 Å². The lowest BCUT2D eigenvalue weighted by atomic mass is 9.94. The number of imide groups is 1. The summed E-state index contributed by atoms with van der Waals surface area (Å²) in [6, 6.07) is 23.0. The lowest BCUT2D eigenvalue weighted by Crippen LogP contribution is -2.40. The molecule has 4 aromatic carbocycles. The first-order chi connectivity index (χ1) is 16.9. The Morgan fingerprint density at radius 3 is 2.20 bits per heavy atom. The van der Waals surface area contributed by atoms with Crippen LogP contribution in [-0.2, 0) is 0 Å². The molecule has 5 aromatic rings. The first kappa shape index (κ1) is 21.3. The van der Waals surface area contributed by atoms with E-state index in [-0.39, 0.29) is 23.5 Å². The third kappa shape index (κ3) is 3.35. The van der Waals surface area contributed by atoms with Gasteiger partial charge >= 0.3 is 0 Å². The van der Waals surface area contributed by atoms with Gasteiger partial charge in [-0.05, 0) is 66.9 Å². The molecule has 1 aliphatic heterocycles. The molecular formula is C28H17BrN2O4. The molecular weight excluding hydrogens is 508 g/mol. The Morgan fingerprint density at radius 2 is 1.54 bits per heavy atom. The lowest BCUT2D eigenvalue weighted by molar-refractivity contribution is 0.0892. The second kappa shape index (κ2) is 7.92. The summed E-state index contributed by atoms with van der Waals surface area (Å²) in [6.45, 7) is 1.84.